The van der Waals surface area contributed by atoms with Crippen molar-refractivity contribution in [2.75, 3.05) is 32.8 Å². The van der Waals surface area contributed by atoms with E-state index in [2.05, 4.69) is 5.32 Å². The van der Waals surface area contributed by atoms with E-state index in [1.807, 2.05) is 6.92 Å². The second kappa shape index (κ2) is 9.11. The standard InChI is InChI=1S/C17H24N2O6S/c1-2-4-14(17(21)22)12-18-16(20)13-5-3-6-15(11-13)26(23,24)19-7-9-25-10-8-19/h3,5-6,11,14H,2,4,7-10,12H2,1H3,(H,18,20)(H,21,22). The summed E-state index contributed by atoms with van der Waals surface area (Å²) in [6, 6.07) is 5.76. The quantitative estimate of drug-likeness (QED) is 0.690. The lowest BCUT2D eigenvalue weighted by Gasteiger charge is -2.26. The Morgan fingerprint density at radius 2 is 2.00 bits per heavy atom. The summed E-state index contributed by atoms with van der Waals surface area (Å²) in [6.07, 6.45) is 1.15. The fourth-order valence-corrected chi connectivity index (χ4v) is 4.17. The zero-order chi connectivity index (χ0) is 19.2. The van der Waals surface area contributed by atoms with Crippen molar-refractivity contribution in [1.29, 1.82) is 0 Å². The molecule has 1 saturated heterocycles. The molecule has 1 aliphatic heterocycles. The highest BCUT2D eigenvalue weighted by molar-refractivity contribution is 7.89. The Morgan fingerprint density at radius 3 is 2.62 bits per heavy atom. The number of benzene rings is 1. The van der Waals surface area contributed by atoms with Crippen molar-refractivity contribution in [3.8, 4) is 0 Å². The molecule has 8 nitrogen and oxygen atoms in total. The number of carbonyl (C=O) groups excluding carboxylic acids is 1. The minimum absolute atomic E-state index is 0.00243. The number of morpholine rings is 1. The molecule has 1 aromatic rings. The molecule has 0 radical (unpaired) electrons. The first kappa shape index (κ1) is 20.3. The monoisotopic (exact) mass is 384 g/mol. The van der Waals surface area contributed by atoms with E-state index in [0.717, 1.165) is 0 Å². The summed E-state index contributed by atoms with van der Waals surface area (Å²) in [4.78, 5) is 23.5. The van der Waals surface area contributed by atoms with Gasteiger partial charge in [-0.15, -0.1) is 0 Å². The van der Waals surface area contributed by atoms with Crippen molar-refractivity contribution >= 4 is 21.9 Å². The Balaban J connectivity index is 2.10. The van der Waals surface area contributed by atoms with Crippen LogP contribution in [0.4, 0.5) is 0 Å². The molecule has 144 valence electrons. The first-order valence-corrected chi connectivity index (χ1v) is 9.99. The maximum absolute atomic E-state index is 12.7. The van der Waals surface area contributed by atoms with Crippen molar-refractivity contribution < 1.29 is 27.9 Å². The predicted molar refractivity (Wildman–Crippen MR) is 94.4 cm³/mol. The van der Waals surface area contributed by atoms with Gasteiger partial charge >= 0.3 is 5.97 Å². The van der Waals surface area contributed by atoms with E-state index in [0.29, 0.717) is 26.1 Å². The molecule has 1 heterocycles. The van der Waals surface area contributed by atoms with Crippen LogP contribution in [0.15, 0.2) is 29.2 Å². The van der Waals surface area contributed by atoms with Gasteiger partial charge in [-0.1, -0.05) is 19.4 Å². The van der Waals surface area contributed by atoms with E-state index in [1.165, 1.54) is 28.6 Å². The van der Waals surface area contributed by atoms with Crippen LogP contribution in [-0.4, -0.2) is 62.6 Å². The number of hydrogen-bond donors (Lipinski definition) is 2. The largest absolute Gasteiger partial charge is 0.481 e. The van der Waals surface area contributed by atoms with Crippen molar-refractivity contribution in [2.45, 2.75) is 24.7 Å². The molecule has 1 aromatic carbocycles. The summed E-state index contributed by atoms with van der Waals surface area (Å²) >= 11 is 0. The number of sulfonamides is 1. The first-order chi connectivity index (χ1) is 12.4. The van der Waals surface area contributed by atoms with Gasteiger partial charge in [0.2, 0.25) is 10.0 Å². The van der Waals surface area contributed by atoms with Crippen LogP contribution < -0.4 is 5.32 Å². The van der Waals surface area contributed by atoms with Crippen molar-refractivity contribution in [3.63, 3.8) is 0 Å². The van der Waals surface area contributed by atoms with Crippen molar-refractivity contribution in [1.82, 2.24) is 9.62 Å². The van der Waals surface area contributed by atoms with E-state index in [1.54, 1.807) is 0 Å². The van der Waals surface area contributed by atoms with Gasteiger partial charge in [0.25, 0.3) is 5.91 Å². The zero-order valence-corrected chi connectivity index (χ0v) is 15.5. The summed E-state index contributed by atoms with van der Waals surface area (Å²) in [5.41, 5.74) is 0.181. The molecule has 1 atom stereocenters. The van der Waals surface area contributed by atoms with E-state index in [4.69, 9.17) is 9.84 Å². The van der Waals surface area contributed by atoms with Gasteiger partial charge in [-0.2, -0.15) is 4.31 Å². The minimum atomic E-state index is -3.69. The number of carboxylic acids is 1. The topological polar surface area (TPSA) is 113 Å². The summed E-state index contributed by atoms with van der Waals surface area (Å²) in [5, 5.41) is 11.7. The lowest BCUT2D eigenvalue weighted by molar-refractivity contribution is -0.141. The Hall–Kier alpha value is -1.97. The third-order valence-electron chi connectivity index (χ3n) is 4.20. The molecule has 2 rings (SSSR count). The summed E-state index contributed by atoms with van der Waals surface area (Å²) in [6.45, 7) is 3.10. The van der Waals surface area contributed by atoms with Gasteiger partial charge in [0.05, 0.1) is 24.0 Å². The number of aliphatic carboxylic acids is 1. The summed E-state index contributed by atoms with van der Waals surface area (Å²) in [7, 11) is -3.69. The van der Waals surface area contributed by atoms with E-state index < -0.39 is 27.8 Å². The molecule has 2 N–H and O–H groups in total. The number of amides is 1. The SMILES string of the molecule is CCCC(CNC(=O)c1cccc(S(=O)(=O)N2CCOCC2)c1)C(=O)O. The van der Waals surface area contributed by atoms with Crippen LogP contribution >= 0.6 is 0 Å². The highest BCUT2D eigenvalue weighted by Crippen LogP contribution is 2.18. The van der Waals surface area contributed by atoms with Gasteiger partial charge < -0.3 is 15.2 Å². The molecule has 1 fully saturated rings. The molecule has 0 bridgehead atoms. The number of carbonyl (C=O) groups is 2. The maximum Gasteiger partial charge on any atom is 0.308 e. The van der Waals surface area contributed by atoms with Crippen LogP contribution in [-0.2, 0) is 19.6 Å². The zero-order valence-electron chi connectivity index (χ0n) is 14.7. The Kier molecular flexibility index (Phi) is 7.13. The molecule has 1 aliphatic rings. The van der Waals surface area contributed by atoms with Gasteiger partial charge in [-0.05, 0) is 24.6 Å². The van der Waals surface area contributed by atoms with Gasteiger partial charge in [0.1, 0.15) is 0 Å². The van der Waals surface area contributed by atoms with E-state index >= 15 is 0 Å². The molecule has 0 aromatic heterocycles. The van der Waals surface area contributed by atoms with Gasteiger partial charge in [-0.3, -0.25) is 9.59 Å². The molecular weight excluding hydrogens is 360 g/mol. The minimum Gasteiger partial charge on any atom is -0.481 e. The van der Waals surface area contributed by atoms with Crippen LogP contribution in [0.25, 0.3) is 0 Å². The molecule has 0 saturated carbocycles. The maximum atomic E-state index is 12.7. The summed E-state index contributed by atoms with van der Waals surface area (Å²) < 4.78 is 31.8. The number of carboxylic acid groups (broad SMARTS) is 1. The molecule has 0 aliphatic carbocycles. The Labute approximate surface area is 153 Å². The van der Waals surface area contributed by atoms with Crippen LogP contribution in [0.5, 0.6) is 0 Å². The molecule has 1 unspecified atom stereocenters. The van der Waals surface area contributed by atoms with E-state index in [9.17, 15) is 18.0 Å². The molecule has 26 heavy (non-hydrogen) atoms. The number of nitrogens with one attached hydrogen (secondary N) is 1. The lowest BCUT2D eigenvalue weighted by atomic mass is 10.0. The van der Waals surface area contributed by atoms with Crippen LogP contribution in [0.1, 0.15) is 30.1 Å². The average molecular weight is 384 g/mol. The van der Waals surface area contributed by atoms with Crippen LogP contribution in [0.3, 0.4) is 0 Å². The first-order valence-electron chi connectivity index (χ1n) is 8.55. The fourth-order valence-electron chi connectivity index (χ4n) is 2.71. The molecule has 9 heteroatoms. The summed E-state index contributed by atoms with van der Waals surface area (Å²) in [5.74, 6) is -2.12. The highest BCUT2D eigenvalue weighted by atomic mass is 32.2. The van der Waals surface area contributed by atoms with E-state index in [-0.39, 0.29) is 30.1 Å². The molecular formula is C17H24N2O6S. The van der Waals surface area contributed by atoms with Gasteiger partial charge in [-0.25, -0.2) is 8.42 Å². The van der Waals surface area contributed by atoms with Crippen molar-refractivity contribution in [2.24, 2.45) is 5.92 Å². The van der Waals surface area contributed by atoms with Gasteiger partial charge in [0.15, 0.2) is 0 Å². The van der Waals surface area contributed by atoms with Crippen molar-refractivity contribution in [3.05, 3.63) is 29.8 Å². The second-order valence-corrected chi connectivity index (χ2v) is 8.02. The fraction of sp³-hybridized carbons (Fsp3) is 0.529. The number of rotatable bonds is 8. The second-order valence-electron chi connectivity index (χ2n) is 6.08. The smallest absolute Gasteiger partial charge is 0.308 e. The molecule has 0 spiro atoms. The number of hydrogen-bond acceptors (Lipinski definition) is 5. The normalized spacial score (nSPS) is 16.8. The number of nitrogens with zero attached hydrogens (tertiary/aromatic N) is 1. The average Bonchev–Trinajstić information content (AvgIpc) is 2.65. The Morgan fingerprint density at radius 1 is 1.31 bits per heavy atom. The third-order valence-corrected chi connectivity index (χ3v) is 6.09. The van der Waals surface area contributed by atoms with Crippen LogP contribution in [0.2, 0.25) is 0 Å². The highest BCUT2D eigenvalue weighted by Gasteiger charge is 2.27. The third kappa shape index (κ3) is 5.03. The molecule has 1 amide bonds. The van der Waals surface area contributed by atoms with Crippen LogP contribution in [0, 0.1) is 5.92 Å². The predicted octanol–water partition coefficient (Wildman–Crippen LogP) is 0.938. The lowest BCUT2D eigenvalue weighted by Crippen LogP contribution is -2.40. The van der Waals surface area contributed by atoms with Gasteiger partial charge in [0, 0.05) is 25.2 Å². The number of ether oxygens (including phenoxy) is 1. The Bertz CT molecular complexity index is 743.